The Kier molecular flexibility index (Phi) is 5.25. The highest BCUT2D eigenvalue weighted by atomic mass is 19.1. The summed E-state index contributed by atoms with van der Waals surface area (Å²) in [7, 11) is 1.54. The molecule has 8 nitrogen and oxygen atoms in total. The molecule has 2 aromatic carbocycles. The lowest BCUT2D eigenvalue weighted by Gasteiger charge is -2.08. The van der Waals surface area contributed by atoms with E-state index in [0.29, 0.717) is 24.5 Å². The molecule has 2 aromatic heterocycles. The third-order valence-electron chi connectivity index (χ3n) is 4.72. The second-order valence-corrected chi connectivity index (χ2v) is 6.73. The largest absolute Gasteiger partial charge is 0.329 e. The highest BCUT2D eigenvalue weighted by Gasteiger charge is 2.17. The maximum absolute atomic E-state index is 13.0. The van der Waals surface area contributed by atoms with Crippen LogP contribution in [0.4, 0.5) is 10.3 Å². The van der Waals surface area contributed by atoms with Gasteiger partial charge >= 0.3 is 5.69 Å². The van der Waals surface area contributed by atoms with E-state index in [0.717, 1.165) is 5.56 Å². The Morgan fingerprint density at radius 2 is 1.87 bits per heavy atom. The number of imidazole rings is 1. The molecule has 0 aliphatic carbocycles. The van der Waals surface area contributed by atoms with Crippen molar-refractivity contribution in [2.75, 3.05) is 5.43 Å². The van der Waals surface area contributed by atoms with Gasteiger partial charge in [-0.05, 0) is 29.7 Å². The first-order valence-corrected chi connectivity index (χ1v) is 9.31. The molecule has 2 N–H and O–H groups in total. The van der Waals surface area contributed by atoms with Gasteiger partial charge < -0.3 is 4.57 Å². The minimum absolute atomic E-state index is 0.260. The lowest BCUT2D eigenvalue weighted by atomic mass is 10.1. The molecule has 2 heterocycles. The number of nitrogens with zero attached hydrogens (tertiary/aromatic N) is 4. The Morgan fingerprint density at radius 3 is 2.60 bits per heavy atom. The Hall–Kier alpha value is -4.01. The topological polar surface area (TPSA) is 97.1 Å². The van der Waals surface area contributed by atoms with Gasteiger partial charge in [0.15, 0.2) is 11.2 Å². The second kappa shape index (κ2) is 8.16. The number of rotatable bonds is 6. The van der Waals surface area contributed by atoms with Gasteiger partial charge in [-0.15, -0.1) is 0 Å². The molecule has 0 radical (unpaired) electrons. The molecule has 9 heteroatoms. The summed E-state index contributed by atoms with van der Waals surface area (Å²) in [6.45, 7) is 0.455. The van der Waals surface area contributed by atoms with Crippen molar-refractivity contribution in [1.29, 1.82) is 0 Å². The maximum atomic E-state index is 13.0. The van der Waals surface area contributed by atoms with Crippen molar-refractivity contribution in [2.24, 2.45) is 12.1 Å². The zero-order valence-corrected chi connectivity index (χ0v) is 16.2. The number of aromatic nitrogens is 4. The minimum atomic E-state index is -0.540. The van der Waals surface area contributed by atoms with E-state index < -0.39 is 11.2 Å². The summed E-state index contributed by atoms with van der Waals surface area (Å²) in [5.74, 6) is -0.00560. The normalized spacial score (nSPS) is 11.4. The summed E-state index contributed by atoms with van der Waals surface area (Å²) in [4.78, 5) is 31.2. The molecule has 0 spiro atoms. The van der Waals surface area contributed by atoms with Crippen molar-refractivity contribution in [3.8, 4) is 0 Å². The van der Waals surface area contributed by atoms with Gasteiger partial charge in [0.2, 0.25) is 5.95 Å². The van der Waals surface area contributed by atoms with Crippen LogP contribution in [0.3, 0.4) is 0 Å². The molecule has 0 saturated carbocycles. The van der Waals surface area contributed by atoms with Crippen molar-refractivity contribution in [2.45, 2.75) is 13.0 Å². The van der Waals surface area contributed by atoms with Gasteiger partial charge in [-0.2, -0.15) is 10.1 Å². The summed E-state index contributed by atoms with van der Waals surface area (Å²) < 4.78 is 16.0. The quantitative estimate of drug-likeness (QED) is 0.379. The predicted octanol–water partition coefficient (Wildman–Crippen LogP) is 2.25. The van der Waals surface area contributed by atoms with Crippen LogP contribution >= 0.6 is 0 Å². The molecule has 0 aliphatic heterocycles. The summed E-state index contributed by atoms with van der Waals surface area (Å²) in [5.41, 5.74) is 4.12. The number of H-pyrrole nitrogens is 1. The van der Waals surface area contributed by atoms with Crippen LogP contribution in [0.2, 0.25) is 0 Å². The molecule has 0 aliphatic rings. The molecular weight excluding hydrogens is 387 g/mol. The van der Waals surface area contributed by atoms with Gasteiger partial charge in [0.1, 0.15) is 5.82 Å². The fourth-order valence-electron chi connectivity index (χ4n) is 3.14. The molecular formula is C21H19FN6O2. The number of anilines is 1. The summed E-state index contributed by atoms with van der Waals surface area (Å²) in [5, 5.41) is 4.15. The van der Waals surface area contributed by atoms with E-state index in [-0.39, 0.29) is 17.0 Å². The van der Waals surface area contributed by atoms with Crippen molar-refractivity contribution >= 4 is 23.3 Å². The lowest BCUT2D eigenvalue weighted by Crippen LogP contribution is -2.29. The van der Waals surface area contributed by atoms with E-state index in [2.05, 4.69) is 20.5 Å². The first kappa shape index (κ1) is 19.3. The SMILES string of the molecule is Cn1c(=O)[nH]c(=O)c2c1nc(N/N=C\c1ccc(F)cc1)n2CCc1ccccc1. The lowest BCUT2D eigenvalue weighted by molar-refractivity contribution is 0.628. The number of hydrogen-bond donors (Lipinski definition) is 2. The van der Waals surface area contributed by atoms with Gasteiger partial charge in [0.05, 0.1) is 6.21 Å². The molecule has 4 aromatic rings. The van der Waals surface area contributed by atoms with Gasteiger partial charge in [0.25, 0.3) is 5.56 Å². The molecule has 152 valence electrons. The number of hydrazone groups is 1. The fourth-order valence-corrected chi connectivity index (χ4v) is 3.14. The van der Waals surface area contributed by atoms with Crippen molar-refractivity contribution in [3.63, 3.8) is 0 Å². The zero-order valence-electron chi connectivity index (χ0n) is 16.2. The zero-order chi connectivity index (χ0) is 21.1. The minimum Gasteiger partial charge on any atom is -0.303 e. The second-order valence-electron chi connectivity index (χ2n) is 6.73. The molecule has 0 amide bonds. The van der Waals surface area contributed by atoms with E-state index >= 15 is 0 Å². The maximum Gasteiger partial charge on any atom is 0.329 e. The van der Waals surface area contributed by atoms with Crippen molar-refractivity contribution in [3.05, 3.63) is 92.4 Å². The molecule has 4 rings (SSSR count). The van der Waals surface area contributed by atoms with Crippen molar-refractivity contribution in [1.82, 2.24) is 19.1 Å². The Bertz CT molecular complexity index is 1320. The predicted molar refractivity (Wildman–Crippen MR) is 113 cm³/mol. The van der Waals surface area contributed by atoms with Crippen LogP contribution in [0.5, 0.6) is 0 Å². The van der Waals surface area contributed by atoms with Gasteiger partial charge in [-0.25, -0.2) is 14.6 Å². The number of halogens is 1. The Labute approximate surface area is 170 Å². The van der Waals surface area contributed by atoms with Gasteiger partial charge in [0, 0.05) is 13.6 Å². The van der Waals surface area contributed by atoms with Crippen LogP contribution in [0.25, 0.3) is 11.2 Å². The number of hydrogen-bond acceptors (Lipinski definition) is 5. The Morgan fingerprint density at radius 1 is 1.13 bits per heavy atom. The third-order valence-corrected chi connectivity index (χ3v) is 4.72. The molecule has 0 atom stereocenters. The van der Waals surface area contributed by atoms with E-state index in [1.807, 2.05) is 30.3 Å². The average molecular weight is 406 g/mol. The van der Waals surface area contributed by atoms with Gasteiger partial charge in [-0.3, -0.25) is 14.3 Å². The number of aromatic amines is 1. The average Bonchev–Trinajstić information content (AvgIpc) is 3.12. The molecule has 0 bridgehead atoms. The van der Waals surface area contributed by atoms with Crippen LogP contribution in [-0.2, 0) is 20.0 Å². The third kappa shape index (κ3) is 3.90. The smallest absolute Gasteiger partial charge is 0.303 e. The highest BCUT2D eigenvalue weighted by molar-refractivity contribution is 5.80. The first-order valence-electron chi connectivity index (χ1n) is 9.31. The summed E-state index contributed by atoms with van der Waals surface area (Å²) in [6, 6.07) is 15.7. The van der Waals surface area contributed by atoms with Crippen LogP contribution in [0.1, 0.15) is 11.1 Å². The van der Waals surface area contributed by atoms with Crippen molar-refractivity contribution < 1.29 is 4.39 Å². The number of fused-ring (bicyclic) bond motifs is 1. The molecule has 0 fully saturated rings. The standard InChI is InChI=1S/C21H19FN6O2/c1-27-18-17(19(29)25-21(27)30)28(12-11-14-5-3-2-4-6-14)20(24-18)26-23-13-15-7-9-16(22)10-8-15/h2-10,13H,11-12H2,1H3,(H,24,26)(H,25,29,30)/b23-13-. The monoisotopic (exact) mass is 406 g/mol. The highest BCUT2D eigenvalue weighted by Crippen LogP contribution is 2.16. The van der Waals surface area contributed by atoms with Crippen LogP contribution in [0.15, 0.2) is 69.3 Å². The number of nitrogens with one attached hydrogen (secondary N) is 2. The summed E-state index contributed by atoms with van der Waals surface area (Å²) in [6.07, 6.45) is 2.18. The fraction of sp³-hybridized carbons (Fsp3) is 0.143. The summed E-state index contributed by atoms with van der Waals surface area (Å²) >= 11 is 0. The van der Waals surface area contributed by atoms with E-state index in [1.54, 1.807) is 23.7 Å². The first-order chi connectivity index (χ1) is 14.5. The van der Waals surface area contributed by atoms with Gasteiger partial charge in [-0.1, -0.05) is 42.5 Å². The van der Waals surface area contributed by atoms with Crippen LogP contribution < -0.4 is 16.7 Å². The van der Waals surface area contributed by atoms with E-state index in [4.69, 9.17) is 0 Å². The van der Waals surface area contributed by atoms with E-state index in [1.165, 1.54) is 22.9 Å². The molecule has 30 heavy (non-hydrogen) atoms. The molecule has 0 unspecified atom stereocenters. The van der Waals surface area contributed by atoms with Crippen LogP contribution in [0, 0.1) is 5.82 Å². The molecule has 0 saturated heterocycles. The number of benzene rings is 2. The Balaban J connectivity index is 1.70. The van der Waals surface area contributed by atoms with E-state index in [9.17, 15) is 14.0 Å². The van der Waals surface area contributed by atoms with Crippen LogP contribution in [-0.4, -0.2) is 25.3 Å². The number of aryl methyl sites for hydroxylation is 3.